The molecule has 0 saturated heterocycles. The summed E-state index contributed by atoms with van der Waals surface area (Å²) >= 11 is 0. The lowest BCUT2D eigenvalue weighted by atomic mass is 10.1. The molecular weight excluding hydrogens is 182 g/mol. The summed E-state index contributed by atoms with van der Waals surface area (Å²) in [5, 5.41) is 9.30. The van der Waals surface area contributed by atoms with Gasteiger partial charge in [-0.05, 0) is 24.6 Å². The van der Waals surface area contributed by atoms with E-state index in [2.05, 4.69) is 0 Å². The monoisotopic (exact) mass is 195 g/mol. The topological polar surface area (TPSA) is 72.6 Å². The van der Waals surface area contributed by atoms with Gasteiger partial charge in [0.25, 0.3) is 5.91 Å². The number of rotatable bonds is 4. The number of ether oxygens (including phenoxy) is 1. The summed E-state index contributed by atoms with van der Waals surface area (Å²) in [5.74, 6) is -0.0536. The van der Waals surface area contributed by atoms with Gasteiger partial charge in [-0.1, -0.05) is 12.1 Å². The second-order valence-corrected chi connectivity index (χ2v) is 2.81. The first kappa shape index (κ1) is 10.5. The molecule has 3 N–H and O–H groups in total. The number of hydrogen-bond donors (Lipinski definition) is 2. The van der Waals surface area contributed by atoms with Crippen LogP contribution in [-0.2, 0) is 4.79 Å². The molecular formula is C10H13NO3. The number of amides is 1. The van der Waals surface area contributed by atoms with E-state index in [1.54, 1.807) is 24.3 Å². The van der Waals surface area contributed by atoms with Crippen LogP contribution in [0.5, 0.6) is 5.75 Å². The maximum atomic E-state index is 10.7. The normalized spacial score (nSPS) is 12.1. The third kappa shape index (κ3) is 2.47. The van der Waals surface area contributed by atoms with Crippen molar-refractivity contribution in [3.63, 3.8) is 0 Å². The Labute approximate surface area is 82.3 Å². The van der Waals surface area contributed by atoms with E-state index in [1.165, 1.54) is 0 Å². The van der Waals surface area contributed by atoms with Gasteiger partial charge in [-0.25, -0.2) is 0 Å². The van der Waals surface area contributed by atoms with Gasteiger partial charge < -0.3 is 15.6 Å². The molecule has 0 heterocycles. The highest BCUT2D eigenvalue weighted by Gasteiger charge is 2.12. The maximum absolute atomic E-state index is 10.7. The minimum Gasteiger partial charge on any atom is -0.494 e. The van der Waals surface area contributed by atoms with Gasteiger partial charge in [-0.3, -0.25) is 4.79 Å². The predicted octanol–water partition coefficient (Wildman–Crippen LogP) is 0.604. The Morgan fingerprint density at radius 1 is 1.50 bits per heavy atom. The molecule has 1 atom stereocenters. The highest BCUT2D eigenvalue weighted by atomic mass is 16.5. The minimum absolute atomic E-state index is 0.473. The molecule has 76 valence electrons. The lowest BCUT2D eigenvalue weighted by Crippen LogP contribution is -2.20. The molecule has 0 bridgehead atoms. The molecule has 1 unspecified atom stereocenters. The van der Waals surface area contributed by atoms with Gasteiger partial charge in [0.1, 0.15) is 5.75 Å². The van der Waals surface area contributed by atoms with Gasteiger partial charge in [-0.2, -0.15) is 0 Å². The van der Waals surface area contributed by atoms with Crippen LogP contribution in [0, 0.1) is 0 Å². The van der Waals surface area contributed by atoms with Crippen LogP contribution < -0.4 is 10.5 Å². The summed E-state index contributed by atoms with van der Waals surface area (Å²) in [6, 6.07) is 6.59. The van der Waals surface area contributed by atoms with Crippen LogP contribution in [0.2, 0.25) is 0 Å². The molecule has 1 rings (SSSR count). The number of nitrogens with two attached hydrogens (primary N) is 1. The molecule has 0 spiro atoms. The molecule has 0 fully saturated rings. The molecule has 0 aliphatic carbocycles. The first-order chi connectivity index (χ1) is 6.65. The van der Waals surface area contributed by atoms with Crippen molar-refractivity contribution in [1.82, 2.24) is 0 Å². The average molecular weight is 195 g/mol. The quantitative estimate of drug-likeness (QED) is 0.739. The van der Waals surface area contributed by atoms with E-state index in [1.807, 2.05) is 6.92 Å². The largest absolute Gasteiger partial charge is 0.494 e. The standard InChI is InChI=1S/C10H13NO3/c1-2-14-8-5-3-7(4-6-8)9(12)10(11)13/h3-6,9,12H,2H2,1H3,(H2,11,13). The van der Waals surface area contributed by atoms with Crippen molar-refractivity contribution < 1.29 is 14.6 Å². The van der Waals surface area contributed by atoms with Gasteiger partial charge in [-0.15, -0.1) is 0 Å². The predicted molar refractivity (Wildman–Crippen MR) is 51.8 cm³/mol. The SMILES string of the molecule is CCOc1ccc(C(O)C(N)=O)cc1. The van der Waals surface area contributed by atoms with Crippen LogP contribution in [0.1, 0.15) is 18.6 Å². The number of primary amides is 1. The van der Waals surface area contributed by atoms with Crippen LogP contribution in [0.15, 0.2) is 24.3 Å². The molecule has 1 amide bonds. The van der Waals surface area contributed by atoms with Crippen LogP contribution in [0.4, 0.5) is 0 Å². The van der Waals surface area contributed by atoms with E-state index in [0.29, 0.717) is 17.9 Å². The van der Waals surface area contributed by atoms with E-state index in [-0.39, 0.29) is 0 Å². The van der Waals surface area contributed by atoms with Crippen molar-refractivity contribution in [2.24, 2.45) is 5.73 Å². The third-order valence-corrected chi connectivity index (χ3v) is 1.78. The molecule has 0 saturated carbocycles. The van der Waals surface area contributed by atoms with Gasteiger partial charge in [0.05, 0.1) is 6.61 Å². The maximum Gasteiger partial charge on any atom is 0.250 e. The highest BCUT2D eigenvalue weighted by molar-refractivity contribution is 5.80. The molecule has 4 nitrogen and oxygen atoms in total. The molecule has 0 radical (unpaired) electrons. The zero-order valence-corrected chi connectivity index (χ0v) is 7.93. The van der Waals surface area contributed by atoms with Gasteiger partial charge >= 0.3 is 0 Å². The van der Waals surface area contributed by atoms with Crippen LogP contribution in [0.3, 0.4) is 0 Å². The van der Waals surface area contributed by atoms with E-state index < -0.39 is 12.0 Å². The summed E-state index contributed by atoms with van der Waals surface area (Å²) in [7, 11) is 0. The van der Waals surface area contributed by atoms with Crippen molar-refractivity contribution in [3.8, 4) is 5.75 Å². The van der Waals surface area contributed by atoms with Crippen LogP contribution >= 0.6 is 0 Å². The van der Waals surface area contributed by atoms with Gasteiger partial charge in [0, 0.05) is 0 Å². The van der Waals surface area contributed by atoms with Crippen LogP contribution in [0.25, 0.3) is 0 Å². The van der Waals surface area contributed by atoms with Crippen molar-refractivity contribution >= 4 is 5.91 Å². The number of benzene rings is 1. The molecule has 14 heavy (non-hydrogen) atoms. The molecule has 4 heteroatoms. The Hall–Kier alpha value is -1.55. The summed E-state index contributed by atoms with van der Waals surface area (Å²) in [5.41, 5.74) is 5.42. The first-order valence-electron chi connectivity index (χ1n) is 4.35. The number of hydrogen-bond acceptors (Lipinski definition) is 3. The molecule has 0 aliphatic heterocycles. The Kier molecular flexibility index (Phi) is 3.48. The first-order valence-corrected chi connectivity index (χ1v) is 4.35. The number of carbonyl (C=O) groups excluding carboxylic acids is 1. The molecule has 1 aromatic carbocycles. The summed E-state index contributed by atoms with van der Waals surface area (Å²) < 4.78 is 5.20. The number of carbonyl (C=O) groups is 1. The molecule has 1 aromatic rings. The fourth-order valence-corrected chi connectivity index (χ4v) is 1.08. The van der Waals surface area contributed by atoms with Gasteiger partial charge in [0.15, 0.2) is 6.10 Å². The van der Waals surface area contributed by atoms with Gasteiger partial charge in [0.2, 0.25) is 0 Å². The average Bonchev–Trinajstić information content (AvgIpc) is 2.18. The highest BCUT2D eigenvalue weighted by Crippen LogP contribution is 2.17. The van der Waals surface area contributed by atoms with Crippen molar-refractivity contribution in [2.45, 2.75) is 13.0 Å². The minimum atomic E-state index is -1.24. The van der Waals surface area contributed by atoms with E-state index in [0.717, 1.165) is 0 Å². The fourth-order valence-electron chi connectivity index (χ4n) is 1.08. The van der Waals surface area contributed by atoms with E-state index in [4.69, 9.17) is 10.5 Å². The van der Waals surface area contributed by atoms with Crippen molar-refractivity contribution in [1.29, 1.82) is 0 Å². The summed E-state index contributed by atoms with van der Waals surface area (Å²) in [4.78, 5) is 10.7. The van der Waals surface area contributed by atoms with E-state index >= 15 is 0 Å². The van der Waals surface area contributed by atoms with Crippen molar-refractivity contribution in [2.75, 3.05) is 6.61 Å². The Morgan fingerprint density at radius 2 is 2.07 bits per heavy atom. The Morgan fingerprint density at radius 3 is 2.50 bits per heavy atom. The lowest BCUT2D eigenvalue weighted by molar-refractivity contribution is -0.126. The third-order valence-electron chi connectivity index (χ3n) is 1.78. The Bertz CT molecular complexity index is 308. The number of aliphatic hydroxyl groups is 1. The fraction of sp³-hybridized carbons (Fsp3) is 0.300. The molecule has 0 aromatic heterocycles. The van der Waals surface area contributed by atoms with E-state index in [9.17, 15) is 9.90 Å². The molecule has 0 aliphatic rings. The smallest absolute Gasteiger partial charge is 0.250 e. The lowest BCUT2D eigenvalue weighted by Gasteiger charge is -2.07. The summed E-state index contributed by atoms with van der Waals surface area (Å²) in [6.45, 7) is 2.46. The van der Waals surface area contributed by atoms with Crippen molar-refractivity contribution in [3.05, 3.63) is 29.8 Å². The zero-order chi connectivity index (χ0) is 10.6. The Balaban J connectivity index is 2.77. The van der Waals surface area contributed by atoms with Crippen LogP contribution in [-0.4, -0.2) is 17.6 Å². The number of aliphatic hydroxyl groups excluding tert-OH is 1. The second kappa shape index (κ2) is 4.62. The zero-order valence-electron chi connectivity index (χ0n) is 7.93. The second-order valence-electron chi connectivity index (χ2n) is 2.81. The summed E-state index contributed by atoms with van der Waals surface area (Å²) in [6.07, 6.45) is -1.24.